The van der Waals surface area contributed by atoms with E-state index in [2.05, 4.69) is 22.0 Å². The van der Waals surface area contributed by atoms with Gasteiger partial charge in [0, 0.05) is 22.9 Å². The van der Waals surface area contributed by atoms with E-state index in [0.717, 1.165) is 41.9 Å². The lowest BCUT2D eigenvalue weighted by molar-refractivity contribution is 0.0696. The van der Waals surface area contributed by atoms with Crippen LogP contribution in [0.3, 0.4) is 0 Å². The van der Waals surface area contributed by atoms with Crippen molar-refractivity contribution < 1.29 is 14.7 Å². The molecule has 0 aliphatic heterocycles. The molecular weight excluding hydrogens is 486 g/mol. The molecule has 1 fully saturated rings. The van der Waals surface area contributed by atoms with Crippen LogP contribution < -0.4 is 5.32 Å². The van der Waals surface area contributed by atoms with Crippen LogP contribution in [-0.4, -0.2) is 26.5 Å². The van der Waals surface area contributed by atoms with Crippen LogP contribution in [-0.2, 0) is 6.42 Å². The smallest absolute Gasteiger partial charge is 0.335 e. The second kappa shape index (κ2) is 10.6. The van der Waals surface area contributed by atoms with Crippen LogP contribution >= 0.6 is 0 Å². The minimum Gasteiger partial charge on any atom is -0.478 e. The summed E-state index contributed by atoms with van der Waals surface area (Å²) >= 11 is 0. The third kappa shape index (κ3) is 5.18. The van der Waals surface area contributed by atoms with E-state index in [9.17, 15) is 14.7 Å². The van der Waals surface area contributed by atoms with Crippen molar-refractivity contribution in [3.05, 3.63) is 119 Å². The predicted molar refractivity (Wildman–Crippen MR) is 153 cm³/mol. The number of nitrogens with one attached hydrogen (secondary N) is 1. The fraction of sp³-hybridized carbons (Fsp3) is 0.182. The van der Waals surface area contributed by atoms with Gasteiger partial charge in [0.15, 0.2) is 0 Å². The number of imidazole rings is 1. The molecule has 194 valence electrons. The second-order valence-electron chi connectivity index (χ2n) is 10.1. The lowest BCUT2D eigenvalue weighted by Gasteiger charge is -2.17. The maximum absolute atomic E-state index is 13.0. The van der Waals surface area contributed by atoms with Crippen LogP contribution in [0.25, 0.3) is 22.4 Å². The largest absolute Gasteiger partial charge is 0.478 e. The van der Waals surface area contributed by atoms with E-state index in [1.807, 2.05) is 72.8 Å². The molecule has 6 nitrogen and oxygen atoms in total. The van der Waals surface area contributed by atoms with E-state index in [1.54, 1.807) is 12.1 Å². The Morgan fingerprint density at radius 2 is 1.49 bits per heavy atom. The summed E-state index contributed by atoms with van der Waals surface area (Å²) in [5.41, 5.74) is 6.49. The lowest BCUT2D eigenvalue weighted by atomic mass is 10.0. The maximum Gasteiger partial charge on any atom is 0.335 e. The average molecular weight is 516 g/mol. The number of amides is 1. The van der Waals surface area contributed by atoms with Gasteiger partial charge in [-0.2, -0.15) is 0 Å². The Labute approximate surface area is 227 Å². The summed E-state index contributed by atoms with van der Waals surface area (Å²) in [6.45, 7) is 0. The minimum atomic E-state index is -0.963. The van der Waals surface area contributed by atoms with E-state index in [-0.39, 0.29) is 11.5 Å². The standard InChI is InChI=1S/C33H29N3O3/c37-32(34-27-17-10-23(11-18-27)20-22-6-2-1-3-7-22)25-14-12-24(13-15-25)31-35-29-21-26(33(38)39)16-19-30(29)36(31)28-8-4-5-9-28/h1-3,6-7,10-19,21,28H,4-5,8-9,20H2,(H,34,37)(H,38,39). The number of hydrogen-bond acceptors (Lipinski definition) is 3. The summed E-state index contributed by atoms with van der Waals surface area (Å²) in [4.78, 5) is 29.3. The first-order valence-corrected chi connectivity index (χ1v) is 13.3. The van der Waals surface area contributed by atoms with Crippen molar-refractivity contribution in [3.63, 3.8) is 0 Å². The molecule has 0 saturated heterocycles. The van der Waals surface area contributed by atoms with Gasteiger partial charge in [0.2, 0.25) is 0 Å². The van der Waals surface area contributed by atoms with Gasteiger partial charge in [-0.25, -0.2) is 9.78 Å². The highest BCUT2D eigenvalue weighted by molar-refractivity contribution is 6.04. The van der Waals surface area contributed by atoms with Crippen molar-refractivity contribution in [2.45, 2.75) is 38.1 Å². The molecule has 4 aromatic carbocycles. The Balaban J connectivity index is 1.22. The number of fused-ring (bicyclic) bond motifs is 1. The lowest BCUT2D eigenvalue weighted by Crippen LogP contribution is -2.12. The Bertz CT molecular complexity index is 1630. The van der Waals surface area contributed by atoms with Gasteiger partial charge < -0.3 is 15.0 Å². The second-order valence-corrected chi connectivity index (χ2v) is 10.1. The van der Waals surface area contributed by atoms with Gasteiger partial charge in [0.25, 0.3) is 5.91 Å². The predicted octanol–water partition coefficient (Wildman–Crippen LogP) is 7.36. The SMILES string of the molecule is O=C(O)c1ccc2c(c1)nc(-c1ccc(C(=O)Nc3ccc(Cc4ccccc4)cc3)cc1)n2C1CCCC1. The molecule has 6 heteroatoms. The number of carbonyl (C=O) groups is 2. The van der Waals surface area contributed by atoms with Crippen LogP contribution in [0.15, 0.2) is 97.1 Å². The van der Waals surface area contributed by atoms with Gasteiger partial charge in [-0.1, -0.05) is 67.4 Å². The first-order valence-electron chi connectivity index (χ1n) is 13.3. The Hall–Kier alpha value is -4.71. The molecule has 0 atom stereocenters. The first-order chi connectivity index (χ1) is 19.0. The summed E-state index contributed by atoms with van der Waals surface area (Å²) < 4.78 is 2.25. The molecular formula is C33H29N3O3. The van der Waals surface area contributed by atoms with Crippen molar-refractivity contribution in [2.75, 3.05) is 5.32 Å². The molecule has 1 saturated carbocycles. The fourth-order valence-electron chi connectivity index (χ4n) is 5.48. The summed E-state index contributed by atoms with van der Waals surface area (Å²) in [5.74, 6) is -0.330. The van der Waals surface area contributed by atoms with Crippen molar-refractivity contribution >= 4 is 28.6 Å². The molecule has 5 aromatic rings. The van der Waals surface area contributed by atoms with Crippen LogP contribution in [0, 0.1) is 0 Å². The zero-order valence-electron chi connectivity index (χ0n) is 21.5. The van der Waals surface area contributed by atoms with Gasteiger partial charge in [0.05, 0.1) is 16.6 Å². The van der Waals surface area contributed by atoms with Crippen molar-refractivity contribution in [3.8, 4) is 11.4 Å². The molecule has 39 heavy (non-hydrogen) atoms. The number of rotatable bonds is 7. The van der Waals surface area contributed by atoms with E-state index in [1.165, 1.54) is 24.0 Å². The van der Waals surface area contributed by atoms with Gasteiger partial charge in [0.1, 0.15) is 5.82 Å². The number of aromatic carboxylic acids is 1. The third-order valence-corrected chi connectivity index (χ3v) is 7.49. The molecule has 1 aromatic heterocycles. The number of nitrogens with zero attached hydrogens (tertiary/aromatic N) is 2. The monoisotopic (exact) mass is 515 g/mol. The highest BCUT2D eigenvalue weighted by atomic mass is 16.4. The molecule has 1 heterocycles. The van der Waals surface area contributed by atoms with Crippen molar-refractivity contribution in [1.29, 1.82) is 0 Å². The van der Waals surface area contributed by atoms with E-state index >= 15 is 0 Å². The highest BCUT2D eigenvalue weighted by Crippen LogP contribution is 2.37. The fourth-order valence-corrected chi connectivity index (χ4v) is 5.48. The molecule has 0 radical (unpaired) electrons. The molecule has 0 spiro atoms. The summed E-state index contributed by atoms with van der Waals surface area (Å²) in [7, 11) is 0. The zero-order valence-corrected chi connectivity index (χ0v) is 21.5. The quantitative estimate of drug-likeness (QED) is 0.237. The highest BCUT2D eigenvalue weighted by Gasteiger charge is 2.24. The number of hydrogen-bond donors (Lipinski definition) is 2. The van der Waals surface area contributed by atoms with Gasteiger partial charge >= 0.3 is 5.97 Å². The van der Waals surface area contributed by atoms with E-state index < -0.39 is 5.97 Å². The zero-order chi connectivity index (χ0) is 26.8. The van der Waals surface area contributed by atoms with Crippen LogP contribution in [0.1, 0.15) is 63.6 Å². The normalized spacial score (nSPS) is 13.5. The number of benzene rings is 4. The van der Waals surface area contributed by atoms with E-state index in [4.69, 9.17) is 4.98 Å². The molecule has 1 amide bonds. The number of carbonyl (C=O) groups excluding carboxylic acids is 1. The maximum atomic E-state index is 13.0. The number of aromatic nitrogens is 2. The summed E-state index contributed by atoms with van der Waals surface area (Å²) in [5, 5.41) is 12.4. The molecule has 1 aliphatic carbocycles. The molecule has 6 rings (SSSR count). The Morgan fingerprint density at radius 1 is 0.821 bits per heavy atom. The van der Waals surface area contributed by atoms with Crippen LogP contribution in [0.2, 0.25) is 0 Å². The molecule has 1 aliphatic rings. The summed E-state index contributed by atoms with van der Waals surface area (Å²) in [6.07, 6.45) is 5.33. The number of anilines is 1. The Morgan fingerprint density at radius 3 is 2.18 bits per heavy atom. The van der Waals surface area contributed by atoms with Gasteiger partial charge in [-0.3, -0.25) is 4.79 Å². The Kier molecular flexibility index (Phi) is 6.68. The van der Waals surface area contributed by atoms with Gasteiger partial charge in [-0.15, -0.1) is 0 Å². The average Bonchev–Trinajstić information content (AvgIpc) is 3.62. The van der Waals surface area contributed by atoms with Crippen LogP contribution in [0.5, 0.6) is 0 Å². The minimum absolute atomic E-state index is 0.173. The molecule has 0 bridgehead atoms. The molecule has 0 unspecified atom stereocenters. The third-order valence-electron chi connectivity index (χ3n) is 7.49. The number of carboxylic acid groups (broad SMARTS) is 1. The molecule has 2 N–H and O–H groups in total. The topological polar surface area (TPSA) is 84.2 Å². The van der Waals surface area contributed by atoms with Gasteiger partial charge in [-0.05, 0) is 72.9 Å². The summed E-state index contributed by atoms with van der Waals surface area (Å²) in [6, 6.07) is 31.2. The van der Waals surface area contributed by atoms with E-state index in [0.29, 0.717) is 17.1 Å². The van der Waals surface area contributed by atoms with Crippen molar-refractivity contribution in [2.24, 2.45) is 0 Å². The van der Waals surface area contributed by atoms with Crippen molar-refractivity contribution in [1.82, 2.24) is 9.55 Å². The van der Waals surface area contributed by atoms with Crippen LogP contribution in [0.4, 0.5) is 5.69 Å². The number of carboxylic acids is 1. The first kappa shape index (κ1) is 24.6.